The molecule has 4 nitrogen and oxygen atoms in total. The van der Waals surface area contributed by atoms with Gasteiger partial charge in [-0.2, -0.15) is 5.26 Å². The zero-order valence-electron chi connectivity index (χ0n) is 12.9. The molecule has 1 amide bonds. The molecule has 0 radical (unpaired) electrons. The molecule has 112 valence electrons. The number of nitrogens with zero attached hydrogens (tertiary/aromatic N) is 1. The van der Waals surface area contributed by atoms with Gasteiger partial charge in [0.15, 0.2) is 6.54 Å². The van der Waals surface area contributed by atoms with Gasteiger partial charge >= 0.3 is 0 Å². The van der Waals surface area contributed by atoms with Crippen LogP contribution in [0, 0.1) is 18.3 Å². The highest BCUT2D eigenvalue weighted by Crippen LogP contribution is 2.08. The first-order valence-electron chi connectivity index (χ1n) is 7.23. The number of rotatable bonds is 5. The van der Waals surface area contributed by atoms with Crippen molar-refractivity contribution in [2.45, 2.75) is 13.5 Å². The molecule has 0 aliphatic heterocycles. The first-order chi connectivity index (χ1) is 10.6. The van der Waals surface area contributed by atoms with E-state index in [0.717, 1.165) is 11.4 Å². The highest BCUT2D eigenvalue weighted by Gasteiger charge is 2.10. The van der Waals surface area contributed by atoms with Crippen molar-refractivity contribution in [2.75, 3.05) is 18.9 Å². The molecule has 0 saturated heterocycles. The predicted octanol–water partition coefficient (Wildman–Crippen LogP) is 1.52. The fourth-order valence-electron chi connectivity index (χ4n) is 2.22. The van der Waals surface area contributed by atoms with Gasteiger partial charge < -0.3 is 10.2 Å². The van der Waals surface area contributed by atoms with Crippen LogP contribution in [0.25, 0.3) is 0 Å². The molecule has 1 atom stereocenters. The molecule has 2 aromatic carbocycles. The van der Waals surface area contributed by atoms with Gasteiger partial charge in [0.1, 0.15) is 6.54 Å². The number of carbonyl (C=O) groups is 1. The monoisotopic (exact) mass is 294 g/mol. The molecule has 0 aromatic heterocycles. The average molecular weight is 294 g/mol. The molecule has 0 aliphatic carbocycles. The molecule has 0 aliphatic rings. The van der Waals surface area contributed by atoms with Gasteiger partial charge in [-0.05, 0) is 31.2 Å². The molecule has 0 heterocycles. The van der Waals surface area contributed by atoms with Crippen LogP contribution in [0.4, 0.5) is 5.69 Å². The van der Waals surface area contributed by atoms with Crippen molar-refractivity contribution < 1.29 is 9.69 Å². The summed E-state index contributed by atoms with van der Waals surface area (Å²) in [7, 11) is 2.00. The van der Waals surface area contributed by atoms with Gasteiger partial charge in [-0.25, -0.2) is 0 Å². The van der Waals surface area contributed by atoms with Crippen LogP contribution < -0.4 is 10.2 Å². The second-order valence-electron chi connectivity index (χ2n) is 5.53. The second-order valence-corrected chi connectivity index (χ2v) is 5.53. The lowest BCUT2D eigenvalue weighted by molar-refractivity contribution is -0.885. The van der Waals surface area contributed by atoms with E-state index in [0.29, 0.717) is 17.8 Å². The number of anilines is 1. The van der Waals surface area contributed by atoms with Crippen molar-refractivity contribution in [1.82, 2.24) is 0 Å². The van der Waals surface area contributed by atoms with E-state index < -0.39 is 0 Å². The smallest absolute Gasteiger partial charge is 0.279 e. The molecule has 0 fully saturated rings. The number of likely N-dealkylation sites (N-methyl/N-ethyl adjacent to an activating group) is 1. The van der Waals surface area contributed by atoms with Crippen LogP contribution in [0.1, 0.15) is 16.7 Å². The molecule has 2 aromatic rings. The minimum Gasteiger partial charge on any atom is -0.326 e. The summed E-state index contributed by atoms with van der Waals surface area (Å²) < 4.78 is 0. The van der Waals surface area contributed by atoms with Gasteiger partial charge in [-0.3, -0.25) is 4.79 Å². The van der Waals surface area contributed by atoms with Crippen LogP contribution in [0.2, 0.25) is 0 Å². The van der Waals surface area contributed by atoms with Crippen molar-refractivity contribution in [3.05, 3.63) is 65.2 Å². The van der Waals surface area contributed by atoms with Crippen LogP contribution in [-0.2, 0) is 11.3 Å². The largest absolute Gasteiger partial charge is 0.326 e. The fraction of sp³-hybridized carbons (Fsp3) is 0.222. The van der Waals surface area contributed by atoms with Crippen LogP contribution in [-0.4, -0.2) is 19.5 Å². The summed E-state index contributed by atoms with van der Waals surface area (Å²) in [6.45, 7) is 3.26. The highest BCUT2D eigenvalue weighted by atomic mass is 16.2. The number of benzene rings is 2. The Balaban J connectivity index is 1.85. The number of amides is 1. The Morgan fingerprint density at radius 2 is 1.77 bits per heavy atom. The molecule has 0 bridgehead atoms. The van der Waals surface area contributed by atoms with Gasteiger partial charge in [0.2, 0.25) is 0 Å². The van der Waals surface area contributed by atoms with Crippen molar-refractivity contribution in [2.24, 2.45) is 0 Å². The SMILES string of the molecule is Cc1ccc(C[NH+](C)CC(=O)Nc2ccc(C#N)cc2)cc1. The fourth-order valence-corrected chi connectivity index (χ4v) is 2.22. The number of hydrogen-bond donors (Lipinski definition) is 2. The normalized spacial score (nSPS) is 11.5. The standard InChI is InChI=1S/C18H19N3O/c1-14-3-5-16(6-4-14)12-21(2)13-18(22)20-17-9-7-15(11-19)8-10-17/h3-10H,12-13H2,1-2H3,(H,20,22)/p+1. The maximum Gasteiger partial charge on any atom is 0.279 e. The first kappa shape index (κ1) is 15.7. The molecule has 2 rings (SSSR count). The third-order valence-electron chi connectivity index (χ3n) is 3.39. The molecule has 1 unspecified atom stereocenters. The molecule has 0 saturated carbocycles. The minimum atomic E-state index is -0.0330. The zero-order chi connectivity index (χ0) is 15.9. The Morgan fingerprint density at radius 1 is 1.14 bits per heavy atom. The second kappa shape index (κ2) is 7.39. The van der Waals surface area contributed by atoms with E-state index in [1.165, 1.54) is 11.1 Å². The molecule has 2 N–H and O–H groups in total. The molecular formula is C18H20N3O+. The third-order valence-corrected chi connectivity index (χ3v) is 3.39. The van der Waals surface area contributed by atoms with E-state index in [-0.39, 0.29) is 5.91 Å². The van der Waals surface area contributed by atoms with Gasteiger partial charge in [0, 0.05) is 11.3 Å². The number of nitrogens with one attached hydrogen (secondary N) is 2. The molecule has 0 spiro atoms. The lowest BCUT2D eigenvalue weighted by Gasteiger charge is -2.14. The van der Waals surface area contributed by atoms with E-state index in [2.05, 4.69) is 42.6 Å². The number of quaternary nitrogens is 1. The minimum absolute atomic E-state index is 0.0330. The van der Waals surface area contributed by atoms with Gasteiger partial charge in [-0.1, -0.05) is 29.8 Å². The van der Waals surface area contributed by atoms with E-state index in [4.69, 9.17) is 5.26 Å². The van der Waals surface area contributed by atoms with E-state index >= 15 is 0 Å². The quantitative estimate of drug-likeness (QED) is 0.878. The van der Waals surface area contributed by atoms with Gasteiger partial charge in [-0.15, -0.1) is 0 Å². The Morgan fingerprint density at radius 3 is 2.36 bits per heavy atom. The number of carbonyl (C=O) groups excluding carboxylic acids is 1. The van der Waals surface area contributed by atoms with Crippen LogP contribution in [0.15, 0.2) is 48.5 Å². The Labute approximate surface area is 131 Å². The van der Waals surface area contributed by atoms with Gasteiger partial charge in [0.25, 0.3) is 5.91 Å². The molecular weight excluding hydrogens is 274 g/mol. The summed E-state index contributed by atoms with van der Waals surface area (Å²) in [5.41, 5.74) is 3.75. The number of aryl methyl sites for hydroxylation is 1. The van der Waals surface area contributed by atoms with Crippen molar-refractivity contribution in [3.8, 4) is 6.07 Å². The summed E-state index contributed by atoms with van der Waals surface area (Å²) in [5.74, 6) is -0.0330. The maximum atomic E-state index is 12.0. The van der Waals surface area contributed by atoms with Crippen molar-refractivity contribution in [1.29, 1.82) is 5.26 Å². The maximum absolute atomic E-state index is 12.0. The summed E-state index contributed by atoms with van der Waals surface area (Å²) in [6, 6.07) is 17.3. The Bertz CT molecular complexity index is 669. The number of hydrogen-bond acceptors (Lipinski definition) is 2. The van der Waals surface area contributed by atoms with Gasteiger partial charge in [0.05, 0.1) is 18.7 Å². The van der Waals surface area contributed by atoms with Crippen molar-refractivity contribution >= 4 is 11.6 Å². The Hall–Kier alpha value is -2.64. The summed E-state index contributed by atoms with van der Waals surface area (Å²) in [5, 5.41) is 11.6. The van der Waals surface area contributed by atoms with E-state index in [1.807, 2.05) is 7.05 Å². The Kier molecular flexibility index (Phi) is 5.29. The summed E-state index contributed by atoms with van der Waals surface area (Å²) in [6.07, 6.45) is 0. The predicted molar refractivity (Wildman–Crippen MR) is 86.4 cm³/mol. The lowest BCUT2D eigenvalue weighted by Crippen LogP contribution is -3.08. The molecule has 22 heavy (non-hydrogen) atoms. The first-order valence-corrected chi connectivity index (χ1v) is 7.23. The number of nitriles is 1. The third kappa shape index (κ3) is 4.72. The van der Waals surface area contributed by atoms with Crippen LogP contribution in [0.5, 0.6) is 0 Å². The van der Waals surface area contributed by atoms with Crippen LogP contribution in [0.3, 0.4) is 0 Å². The summed E-state index contributed by atoms with van der Waals surface area (Å²) in [4.78, 5) is 13.1. The topological polar surface area (TPSA) is 57.3 Å². The highest BCUT2D eigenvalue weighted by molar-refractivity contribution is 5.91. The zero-order valence-corrected chi connectivity index (χ0v) is 12.9. The lowest BCUT2D eigenvalue weighted by atomic mass is 10.1. The van der Waals surface area contributed by atoms with E-state index in [9.17, 15) is 4.79 Å². The van der Waals surface area contributed by atoms with E-state index in [1.54, 1.807) is 24.3 Å². The average Bonchev–Trinajstić information content (AvgIpc) is 2.50. The van der Waals surface area contributed by atoms with Crippen molar-refractivity contribution in [3.63, 3.8) is 0 Å². The summed E-state index contributed by atoms with van der Waals surface area (Å²) >= 11 is 0. The van der Waals surface area contributed by atoms with Crippen LogP contribution >= 0.6 is 0 Å². The molecule has 4 heteroatoms.